The monoisotopic (exact) mass is 262 g/mol. The van der Waals surface area contributed by atoms with Crippen LogP contribution in [0.4, 0.5) is 0 Å². The van der Waals surface area contributed by atoms with Gasteiger partial charge in [0.05, 0.1) is 11.5 Å². The van der Waals surface area contributed by atoms with Crippen molar-refractivity contribution >= 4 is 11.8 Å². The summed E-state index contributed by atoms with van der Waals surface area (Å²) >= 11 is 0. The first kappa shape index (κ1) is 13.4. The van der Waals surface area contributed by atoms with Gasteiger partial charge >= 0.3 is 0 Å². The van der Waals surface area contributed by atoms with Gasteiger partial charge in [-0.05, 0) is 32.8 Å². The Labute approximate surface area is 111 Å². The van der Waals surface area contributed by atoms with Gasteiger partial charge in [-0.2, -0.15) is 0 Å². The largest absolute Gasteiger partial charge is 0.466 e. The lowest BCUT2D eigenvalue weighted by atomic mass is 9.88. The molecular formula is C14H18N2O3. The number of carbonyl (C=O) groups is 2. The first-order valence-corrected chi connectivity index (χ1v) is 6.31. The van der Waals surface area contributed by atoms with Crippen molar-refractivity contribution in [2.24, 2.45) is 11.7 Å². The van der Waals surface area contributed by atoms with Crippen molar-refractivity contribution in [2.45, 2.75) is 32.7 Å². The quantitative estimate of drug-likeness (QED) is 0.808. The zero-order valence-corrected chi connectivity index (χ0v) is 11.1. The van der Waals surface area contributed by atoms with Gasteiger partial charge in [-0.1, -0.05) is 12.2 Å². The molecule has 0 saturated carbocycles. The van der Waals surface area contributed by atoms with Crippen LogP contribution in [0.3, 0.4) is 0 Å². The Bertz CT molecular complexity index is 531. The number of allylic oxidation sites excluding steroid dienone is 1. The van der Waals surface area contributed by atoms with Gasteiger partial charge in [0, 0.05) is 6.04 Å². The Morgan fingerprint density at radius 3 is 2.58 bits per heavy atom. The number of hydrogen-bond donors (Lipinski definition) is 2. The number of rotatable bonds is 3. The number of hydrogen-bond acceptors (Lipinski definition) is 3. The molecule has 2 atom stereocenters. The summed E-state index contributed by atoms with van der Waals surface area (Å²) < 4.78 is 5.33. The Kier molecular flexibility index (Phi) is 3.74. The smallest absolute Gasteiger partial charge is 0.255 e. The van der Waals surface area contributed by atoms with E-state index in [1.165, 1.54) is 0 Å². The highest BCUT2D eigenvalue weighted by Crippen LogP contribution is 2.20. The summed E-state index contributed by atoms with van der Waals surface area (Å²) in [4.78, 5) is 23.5. The maximum atomic E-state index is 12.2. The van der Waals surface area contributed by atoms with Crippen molar-refractivity contribution in [1.29, 1.82) is 0 Å². The first-order chi connectivity index (χ1) is 8.99. The van der Waals surface area contributed by atoms with Crippen molar-refractivity contribution in [3.63, 3.8) is 0 Å². The van der Waals surface area contributed by atoms with Gasteiger partial charge in [0.25, 0.3) is 5.91 Å². The molecule has 2 rings (SSSR count). The standard InChI is InChI=1S/C14H18N2O3/c1-8-7-11(9(2)19-8)14(18)16-12-6-4-3-5-10(12)13(15)17/h3-4,7,10,12H,5-6H2,1-2H3,(H2,15,17)(H,16,18)/t10-,12-/m1/s1. The second-order valence-corrected chi connectivity index (χ2v) is 4.86. The minimum absolute atomic E-state index is 0.221. The van der Waals surface area contributed by atoms with Crippen molar-refractivity contribution in [3.8, 4) is 0 Å². The molecule has 1 heterocycles. The number of nitrogens with two attached hydrogens (primary N) is 1. The van der Waals surface area contributed by atoms with Crippen LogP contribution >= 0.6 is 0 Å². The predicted octanol–water partition coefficient (Wildman–Crippen LogP) is 1.45. The van der Waals surface area contributed by atoms with E-state index in [4.69, 9.17) is 10.2 Å². The van der Waals surface area contributed by atoms with E-state index in [2.05, 4.69) is 5.32 Å². The first-order valence-electron chi connectivity index (χ1n) is 6.31. The second kappa shape index (κ2) is 5.30. The summed E-state index contributed by atoms with van der Waals surface area (Å²) in [7, 11) is 0. The van der Waals surface area contributed by atoms with Crippen LogP contribution in [0.5, 0.6) is 0 Å². The molecule has 0 aromatic carbocycles. The van der Waals surface area contributed by atoms with Gasteiger partial charge in [-0.3, -0.25) is 9.59 Å². The lowest BCUT2D eigenvalue weighted by Crippen LogP contribution is -2.46. The summed E-state index contributed by atoms with van der Waals surface area (Å²) in [5, 5.41) is 2.87. The molecule has 3 N–H and O–H groups in total. The van der Waals surface area contributed by atoms with E-state index in [9.17, 15) is 9.59 Å². The maximum absolute atomic E-state index is 12.2. The van der Waals surface area contributed by atoms with Gasteiger partial charge in [0.2, 0.25) is 5.91 Å². The fraction of sp³-hybridized carbons (Fsp3) is 0.429. The molecule has 0 aliphatic heterocycles. The number of furan rings is 1. The van der Waals surface area contributed by atoms with E-state index in [1.807, 2.05) is 12.2 Å². The van der Waals surface area contributed by atoms with Crippen LogP contribution in [-0.4, -0.2) is 17.9 Å². The Morgan fingerprint density at radius 2 is 2.00 bits per heavy atom. The fourth-order valence-corrected chi connectivity index (χ4v) is 2.39. The van der Waals surface area contributed by atoms with Crippen molar-refractivity contribution in [2.75, 3.05) is 0 Å². The Hall–Kier alpha value is -2.04. The summed E-state index contributed by atoms with van der Waals surface area (Å²) in [6.07, 6.45) is 5.07. The molecule has 5 heteroatoms. The van der Waals surface area contributed by atoms with Crippen molar-refractivity contribution in [1.82, 2.24) is 5.32 Å². The van der Waals surface area contributed by atoms with E-state index in [-0.39, 0.29) is 23.8 Å². The van der Waals surface area contributed by atoms with Crippen LogP contribution in [0, 0.1) is 19.8 Å². The number of amides is 2. The average molecular weight is 262 g/mol. The molecule has 0 radical (unpaired) electrons. The Balaban J connectivity index is 2.11. The SMILES string of the molecule is Cc1cc(C(=O)N[C@@H]2CC=CC[C@H]2C(N)=O)c(C)o1. The molecule has 102 valence electrons. The summed E-state index contributed by atoms with van der Waals surface area (Å²) in [5.74, 6) is 0.326. The van der Waals surface area contributed by atoms with Crippen LogP contribution in [-0.2, 0) is 4.79 Å². The van der Waals surface area contributed by atoms with E-state index < -0.39 is 0 Å². The van der Waals surface area contributed by atoms with E-state index in [0.717, 1.165) is 0 Å². The van der Waals surface area contributed by atoms with Gasteiger partial charge in [-0.25, -0.2) is 0 Å². The lowest BCUT2D eigenvalue weighted by Gasteiger charge is -2.26. The zero-order valence-electron chi connectivity index (χ0n) is 11.1. The number of nitrogens with one attached hydrogen (secondary N) is 1. The van der Waals surface area contributed by atoms with Crippen LogP contribution in [0.1, 0.15) is 34.7 Å². The molecular weight excluding hydrogens is 244 g/mol. The molecule has 0 saturated heterocycles. The Morgan fingerprint density at radius 1 is 1.32 bits per heavy atom. The van der Waals surface area contributed by atoms with Crippen LogP contribution in [0.2, 0.25) is 0 Å². The average Bonchev–Trinajstić information content (AvgIpc) is 2.69. The van der Waals surface area contributed by atoms with E-state index in [0.29, 0.717) is 29.9 Å². The summed E-state index contributed by atoms with van der Waals surface area (Å²) in [5.41, 5.74) is 5.87. The van der Waals surface area contributed by atoms with Gasteiger partial charge in [-0.15, -0.1) is 0 Å². The van der Waals surface area contributed by atoms with Crippen molar-refractivity contribution in [3.05, 3.63) is 35.3 Å². The van der Waals surface area contributed by atoms with Gasteiger partial charge in [0.1, 0.15) is 11.5 Å². The fourth-order valence-electron chi connectivity index (χ4n) is 2.39. The maximum Gasteiger partial charge on any atom is 0.255 e. The third-order valence-corrected chi connectivity index (χ3v) is 3.40. The van der Waals surface area contributed by atoms with E-state index in [1.54, 1.807) is 19.9 Å². The molecule has 1 aliphatic rings. The van der Waals surface area contributed by atoms with E-state index >= 15 is 0 Å². The number of carbonyl (C=O) groups excluding carboxylic acids is 2. The minimum Gasteiger partial charge on any atom is -0.466 e. The zero-order chi connectivity index (χ0) is 14.0. The second-order valence-electron chi connectivity index (χ2n) is 4.86. The molecule has 0 unspecified atom stereocenters. The molecule has 1 aromatic heterocycles. The molecule has 19 heavy (non-hydrogen) atoms. The topological polar surface area (TPSA) is 85.3 Å². The highest BCUT2D eigenvalue weighted by Gasteiger charge is 2.29. The molecule has 0 spiro atoms. The molecule has 0 fully saturated rings. The third kappa shape index (κ3) is 2.86. The van der Waals surface area contributed by atoms with Gasteiger partial charge in [0.15, 0.2) is 0 Å². The van der Waals surface area contributed by atoms with Gasteiger partial charge < -0.3 is 15.5 Å². The van der Waals surface area contributed by atoms with Crippen LogP contribution < -0.4 is 11.1 Å². The summed E-state index contributed by atoms with van der Waals surface area (Å²) in [6.45, 7) is 3.54. The molecule has 1 aromatic rings. The molecule has 0 bridgehead atoms. The molecule has 2 amide bonds. The minimum atomic E-state index is -0.380. The normalized spacial score (nSPS) is 22.2. The lowest BCUT2D eigenvalue weighted by molar-refractivity contribution is -0.122. The van der Waals surface area contributed by atoms with Crippen molar-refractivity contribution < 1.29 is 14.0 Å². The molecule has 5 nitrogen and oxygen atoms in total. The van der Waals surface area contributed by atoms with Crippen LogP contribution in [0.15, 0.2) is 22.6 Å². The highest BCUT2D eigenvalue weighted by molar-refractivity contribution is 5.95. The third-order valence-electron chi connectivity index (χ3n) is 3.40. The number of primary amides is 1. The predicted molar refractivity (Wildman–Crippen MR) is 70.5 cm³/mol. The van der Waals surface area contributed by atoms with Crippen LogP contribution in [0.25, 0.3) is 0 Å². The number of aryl methyl sites for hydroxylation is 2. The highest BCUT2D eigenvalue weighted by atomic mass is 16.3. The molecule has 1 aliphatic carbocycles. The summed E-state index contributed by atoms with van der Waals surface area (Å²) in [6, 6.07) is 1.45.